The first-order chi connectivity index (χ1) is 24.0. The first-order valence-corrected chi connectivity index (χ1v) is 18.6. The Kier molecular flexibility index (Phi) is 10.5. The number of carbonyl (C=O) groups is 2. The Balaban J connectivity index is 1.29. The molecular weight excluding hydrogens is 659 g/mol. The Hall–Kier alpha value is -4.79. The quantitative estimate of drug-likeness (QED) is 0.228. The van der Waals surface area contributed by atoms with Crippen molar-refractivity contribution in [3.05, 3.63) is 100.0 Å². The third kappa shape index (κ3) is 7.82. The van der Waals surface area contributed by atoms with Gasteiger partial charge in [-0.2, -0.15) is 5.10 Å². The van der Waals surface area contributed by atoms with Crippen LogP contribution in [-0.2, 0) is 21.6 Å². The maximum Gasteiger partial charge on any atom is 0.320 e. The van der Waals surface area contributed by atoms with E-state index >= 15 is 0 Å². The number of sulfone groups is 1. The van der Waals surface area contributed by atoms with E-state index in [4.69, 9.17) is 9.84 Å². The lowest BCUT2D eigenvalue weighted by atomic mass is 9.94. The number of carbonyl (C=O) groups excluding carboxylic acids is 2. The zero-order valence-corrected chi connectivity index (χ0v) is 29.3. The van der Waals surface area contributed by atoms with Gasteiger partial charge in [-0.3, -0.25) is 19.8 Å². The third-order valence-electron chi connectivity index (χ3n) is 9.50. The normalized spacial score (nSPS) is 19.3. The van der Waals surface area contributed by atoms with Gasteiger partial charge in [-0.25, -0.2) is 17.9 Å². The maximum absolute atomic E-state index is 13.8. The number of methoxy groups -OCH3 is 1. The fourth-order valence-electron chi connectivity index (χ4n) is 6.76. The predicted molar refractivity (Wildman–Crippen MR) is 192 cm³/mol. The van der Waals surface area contributed by atoms with Crippen LogP contribution in [0.15, 0.2) is 77.7 Å². The molecule has 0 radical (unpaired) electrons. The fourth-order valence-corrected chi connectivity index (χ4v) is 8.25. The average Bonchev–Trinajstić information content (AvgIpc) is 3.66. The van der Waals surface area contributed by atoms with E-state index in [-0.39, 0.29) is 41.1 Å². The number of anilines is 1. The molecule has 2 aliphatic heterocycles. The smallest absolute Gasteiger partial charge is 0.320 e. The van der Waals surface area contributed by atoms with Gasteiger partial charge in [-0.05, 0) is 43.5 Å². The Morgan fingerprint density at radius 1 is 0.980 bits per heavy atom. The summed E-state index contributed by atoms with van der Waals surface area (Å²) in [5.41, 5.74) is 2.91. The molecule has 2 atom stereocenters. The van der Waals surface area contributed by atoms with Crippen molar-refractivity contribution in [2.45, 2.75) is 37.8 Å². The van der Waals surface area contributed by atoms with Crippen molar-refractivity contribution in [1.29, 1.82) is 0 Å². The van der Waals surface area contributed by atoms with Gasteiger partial charge in [0.1, 0.15) is 21.2 Å². The zero-order valence-electron chi connectivity index (χ0n) is 28.5. The summed E-state index contributed by atoms with van der Waals surface area (Å²) in [6, 6.07) is 20.2. The zero-order chi connectivity index (χ0) is 35.4. The molecule has 0 spiro atoms. The van der Waals surface area contributed by atoms with Gasteiger partial charge in [0.2, 0.25) is 0 Å². The highest BCUT2D eigenvalue weighted by molar-refractivity contribution is 7.91. The number of likely N-dealkylation sites (tertiary alicyclic amines) is 1. The molecule has 3 amide bonds. The molecule has 14 heteroatoms. The van der Waals surface area contributed by atoms with Gasteiger partial charge in [0, 0.05) is 63.1 Å². The number of urea groups is 1. The first kappa shape index (κ1) is 35.1. The molecule has 2 aliphatic rings. The minimum absolute atomic E-state index is 0.00476. The maximum atomic E-state index is 13.8. The number of rotatable bonds is 10. The average molecular weight is 702 g/mol. The van der Waals surface area contributed by atoms with Crippen molar-refractivity contribution in [3.63, 3.8) is 0 Å². The number of benzene rings is 2. The topological polar surface area (TPSA) is 157 Å². The number of amides is 3. The summed E-state index contributed by atoms with van der Waals surface area (Å²) in [6.07, 6.45) is 2.20. The summed E-state index contributed by atoms with van der Waals surface area (Å²) in [6.45, 7) is 4.63. The van der Waals surface area contributed by atoms with Crippen LogP contribution < -0.4 is 21.5 Å². The van der Waals surface area contributed by atoms with E-state index in [0.717, 1.165) is 18.7 Å². The molecule has 4 aromatic rings. The molecule has 2 fully saturated rings. The van der Waals surface area contributed by atoms with Crippen LogP contribution in [0.4, 0.5) is 10.6 Å². The van der Waals surface area contributed by atoms with Gasteiger partial charge < -0.3 is 19.9 Å². The van der Waals surface area contributed by atoms with E-state index in [1.807, 2.05) is 55.5 Å². The number of ether oxygens (including phenoxy) is 1. The second kappa shape index (κ2) is 15.0. The van der Waals surface area contributed by atoms with Gasteiger partial charge in [0.05, 0.1) is 35.5 Å². The number of para-hydroxylation sites is 1. The summed E-state index contributed by atoms with van der Waals surface area (Å²) in [5, 5.41) is 14.0. The highest BCUT2D eigenvalue weighted by Gasteiger charge is 2.35. The lowest BCUT2D eigenvalue weighted by Crippen LogP contribution is -2.42. The van der Waals surface area contributed by atoms with Crippen LogP contribution in [0.25, 0.3) is 16.9 Å². The second-order valence-electron chi connectivity index (χ2n) is 13.0. The Bertz CT molecular complexity index is 2000. The van der Waals surface area contributed by atoms with Crippen LogP contribution >= 0.6 is 0 Å². The Labute approximate surface area is 291 Å². The van der Waals surface area contributed by atoms with Gasteiger partial charge in [-0.15, -0.1) is 0 Å². The number of hydrogen-bond donors (Lipinski definition) is 3. The molecule has 2 aromatic carbocycles. The number of nitrogens with zero attached hydrogens (tertiary/aromatic N) is 4. The van der Waals surface area contributed by atoms with Crippen LogP contribution in [0, 0.1) is 6.92 Å². The highest BCUT2D eigenvalue weighted by atomic mass is 32.2. The SMILES string of the molecule is COCCN1C[C@@H](NC(=O)Nc2c(C)c(-c3cc(C(=O)NC4CCS(=O)(=O)CC4)c(=O)n(C)c3)nn2-c2ccccc2)[C@H](c2ccccc2)C1. The van der Waals surface area contributed by atoms with Crippen molar-refractivity contribution in [2.75, 3.05) is 50.2 Å². The largest absolute Gasteiger partial charge is 0.383 e. The molecule has 2 saturated heterocycles. The van der Waals surface area contributed by atoms with E-state index < -0.39 is 21.3 Å². The third-order valence-corrected chi connectivity index (χ3v) is 11.2. The lowest BCUT2D eigenvalue weighted by Gasteiger charge is -2.23. The summed E-state index contributed by atoms with van der Waals surface area (Å²) >= 11 is 0. The Morgan fingerprint density at radius 3 is 2.34 bits per heavy atom. The highest BCUT2D eigenvalue weighted by Crippen LogP contribution is 2.32. The van der Waals surface area contributed by atoms with Crippen LogP contribution in [0.5, 0.6) is 0 Å². The molecule has 264 valence electrons. The molecule has 6 rings (SSSR count). The monoisotopic (exact) mass is 701 g/mol. The van der Waals surface area contributed by atoms with E-state index in [0.29, 0.717) is 54.3 Å². The van der Waals surface area contributed by atoms with E-state index in [1.165, 1.54) is 10.6 Å². The molecule has 0 aliphatic carbocycles. The molecular formula is C36H43N7O6S. The van der Waals surface area contributed by atoms with E-state index in [9.17, 15) is 22.8 Å². The van der Waals surface area contributed by atoms with Crippen molar-refractivity contribution in [3.8, 4) is 16.9 Å². The minimum atomic E-state index is -3.11. The molecule has 0 bridgehead atoms. The number of hydrogen-bond acceptors (Lipinski definition) is 8. The van der Waals surface area contributed by atoms with E-state index in [1.54, 1.807) is 25.0 Å². The van der Waals surface area contributed by atoms with Crippen LogP contribution in [-0.4, -0.2) is 96.5 Å². The van der Waals surface area contributed by atoms with Crippen molar-refractivity contribution >= 4 is 27.6 Å². The molecule has 0 saturated carbocycles. The minimum Gasteiger partial charge on any atom is -0.383 e. The Morgan fingerprint density at radius 2 is 1.66 bits per heavy atom. The van der Waals surface area contributed by atoms with Gasteiger partial charge in [0.15, 0.2) is 0 Å². The number of pyridine rings is 1. The van der Waals surface area contributed by atoms with Crippen molar-refractivity contribution in [2.24, 2.45) is 7.05 Å². The van der Waals surface area contributed by atoms with Crippen LogP contribution in [0.3, 0.4) is 0 Å². The van der Waals surface area contributed by atoms with Crippen molar-refractivity contribution in [1.82, 2.24) is 29.9 Å². The number of aromatic nitrogens is 3. The molecule has 13 nitrogen and oxygen atoms in total. The molecule has 2 aromatic heterocycles. The van der Waals surface area contributed by atoms with Crippen LogP contribution in [0.1, 0.15) is 40.2 Å². The number of nitrogens with one attached hydrogen (secondary N) is 3. The van der Waals surface area contributed by atoms with Crippen LogP contribution in [0.2, 0.25) is 0 Å². The number of aryl methyl sites for hydroxylation is 1. The van der Waals surface area contributed by atoms with Gasteiger partial charge in [-0.1, -0.05) is 48.5 Å². The molecule has 3 N–H and O–H groups in total. The molecule has 0 unspecified atom stereocenters. The second-order valence-corrected chi connectivity index (χ2v) is 15.3. The first-order valence-electron chi connectivity index (χ1n) is 16.7. The summed E-state index contributed by atoms with van der Waals surface area (Å²) in [4.78, 5) is 42.6. The van der Waals surface area contributed by atoms with Gasteiger partial charge in [0.25, 0.3) is 11.5 Å². The summed E-state index contributed by atoms with van der Waals surface area (Å²) < 4.78 is 32.0. The van der Waals surface area contributed by atoms with Gasteiger partial charge >= 0.3 is 6.03 Å². The predicted octanol–water partition coefficient (Wildman–Crippen LogP) is 3.09. The molecule has 50 heavy (non-hydrogen) atoms. The van der Waals surface area contributed by atoms with E-state index in [2.05, 4.69) is 33.0 Å². The molecule has 4 heterocycles. The lowest BCUT2D eigenvalue weighted by molar-refractivity contribution is 0.0932. The standard InChI is InChI=1S/C36H43N7O6S/c1-24-32(26-20-29(35(45)41(2)21-26)34(44)37-27-14-18-50(47,48)19-15-27)40-43(28-12-8-5-9-13-28)33(24)39-36(46)38-31-23-42(16-17-49-3)22-30(31)25-10-6-4-7-11-25/h4-13,20-21,27,30-31H,14-19,22-23H2,1-3H3,(H,37,44)(H2,38,39,46)/t30-,31+/m0/s1. The summed E-state index contributed by atoms with van der Waals surface area (Å²) in [7, 11) is 0.132. The fraction of sp³-hybridized carbons (Fsp3) is 0.389. The summed E-state index contributed by atoms with van der Waals surface area (Å²) in [5.74, 6) is -0.0523. The van der Waals surface area contributed by atoms with Crippen molar-refractivity contribution < 1.29 is 22.7 Å².